The molecule has 0 amide bonds. The Labute approximate surface area is 113 Å². The molecule has 0 saturated carbocycles. The molecule has 2 N–H and O–H groups in total. The zero-order chi connectivity index (χ0) is 13.1. The molecule has 0 spiro atoms. The van der Waals surface area contributed by atoms with Crippen molar-refractivity contribution >= 4 is 33.4 Å². The van der Waals surface area contributed by atoms with Crippen molar-refractivity contribution in [1.29, 1.82) is 0 Å². The van der Waals surface area contributed by atoms with Gasteiger partial charge < -0.3 is 10.6 Å². The van der Waals surface area contributed by atoms with Crippen molar-refractivity contribution in [3.63, 3.8) is 0 Å². The number of anilines is 3. The fourth-order valence-corrected chi connectivity index (χ4v) is 1.81. The zero-order valence-corrected chi connectivity index (χ0v) is 11.5. The molecular weight excluding hydrogens is 299 g/mol. The summed E-state index contributed by atoms with van der Waals surface area (Å²) in [6.07, 6.45) is 1.13. The first kappa shape index (κ1) is 12.8. The van der Waals surface area contributed by atoms with E-state index >= 15 is 0 Å². The first-order valence-electron chi connectivity index (χ1n) is 5.34. The SMILES string of the molecule is CNc1ncc(F)c(Nc2cccc(C)c2Br)n1. The van der Waals surface area contributed by atoms with Crippen molar-refractivity contribution in [2.24, 2.45) is 0 Å². The van der Waals surface area contributed by atoms with Crippen LogP contribution in [0.3, 0.4) is 0 Å². The van der Waals surface area contributed by atoms with Crippen LogP contribution in [0.1, 0.15) is 5.56 Å². The molecule has 0 atom stereocenters. The zero-order valence-electron chi connectivity index (χ0n) is 9.96. The Kier molecular flexibility index (Phi) is 3.76. The van der Waals surface area contributed by atoms with Gasteiger partial charge in [-0.3, -0.25) is 0 Å². The van der Waals surface area contributed by atoms with Crippen LogP contribution in [0, 0.1) is 12.7 Å². The molecule has 2 rings (SSSR count). The lowest BCUT2D eigenvalue weighted by molar-refractivity contribution is 0.619. The second-order valence-corrected chi connectivity index (χ2v) is 4.49. The van der Waals surface area contributed by atoms with E-state index in [1.807, 2.05) is 25.1 Å². The highest BCUT2D eigenvalue weighted by Gasteiger charge is 2.09. The van der Waals surface area contributed by atoms with E-state index in [1.54, 1.807) is 7.05 Å². The van der Waals surface area contributed by atoms with E-state index in [0.717, 1.165) is 21.9 Å². The first-order chi connectivity index (χ1) is 8.61. The smallest absolute Gasteiger partial charge is 0.224 e. The van der Waals surface area contributed by atoms with Gasteiger partial charge in [-0.1, -0.05) is 12.1 Å². The van der Waals surface area contributed by atoms with Gasteiger partial charge in [-0.05, 0) is 34.5 Å². The second-order valence-electron chi connectivity index (χ2n) is 3.70. The van der Waals surface area contributed by atoms with Gasteiger partial charge in [-0.25, -0.2) is 9.37 Å². The van der Waals surface area contributed by atoms with Crippen LogP contribution >= 0.6 is 15.9 Å². The van der Waals surface area contributed by atoms with Crippen molar-refractivity contribution in [2.45, 2.75) is 6.92 Å². The maximum absolute atomic E-state index is 13.6. The van der Waals surface area contributed by atoms with E-state index in [2.05, 4.69) is 36.5 Å². The predicted octanol–water partition coefficient (Wildman–Crippen LogP) is 3.47. The van der Waals surface area contributed by atoms with Crippen molar-refractivity contribution in [2.75, 3.05) is 17.7 Å². The molecule has 94 valence electrons. The van der Waals surface area contributed by atoms with Crippen LogP contribution in [0.15, 0.2) is 28.9 Å². The lowest BCUT2D eigenvalue weighted by Gasteiger charge is -2.10. The third-order valence-corrected chi connectivity index (χ3v) is 3.47. The monoisotopic (exact) mass is 310 g/mol. The summed E-state index contributed by atoms with van der Waals surface area (Å²) in [5.74, 6) is 0.00531. The molecular formula is C12H12BrFN4. The van der Waals surface area contributed by atoms with Crippen molar-refractivity contribution in [3.8, 4) is 0 Å². The molecule has 0 aliphatic heterocycles. The minimum atomic E-state index is -0.498. The molecule has 0 aliphatic carbocycles. The third-order valence-electron chi connectivity index (χ3n) is 2.41. The molecule has 0 bridgehead atoms. The summed E-state index contributed by atoms with van der Waals surface area (Å²) in [6, 6.07) is 5.70. The fourth-order valence-electron chi connectivity index (χ4n) is 1.45. The highest BCUT2D eigenvalue weighted by molar-refractivity contribution is 9.10. The summed E-state index contributed by atoms with van der Waals surface area (Å²) in [5, 5.41) is 5.71. The summed E-state index contributed by atoms with van der Waals surface area (Å²) in [4.78, 5) is 7.82. The van der Waals surface area contributed by atoms with E-state index in [9.17, 15) is 4.39 Å². The highest BCUT2D eigenvalue weighted by atomic mass is 79.9. The standard InChI is InChI=1S/C12H12BrFN4/c1-7-4-3-5-9(10(7)13)17-11-8(14)6-16-12(15-2)18-11/h3-6H,1-2H3,(H2,15,16,17,18). The van der Waals surface area contributed by atoms with E-state index < -0.39 is 5.82 Å². The number of aromatic nitrogens is 2. The lowest BCUT2D eigenvalue weighted by atomic mass is 10.2. The topological polar surface area (TPSA) is 49.8 Å². The van der Waals surface area contributed by atoms with E-state index in [0.29, 0.717) is 5.95 Å². The van der Waals surface area contributed by atoms with Gasteiger partial charge in [0.25, 0.3) is 0 Å². The van der Waals surface area contributed by atoms with Crippen LogP contribution in [0.2, 0.25) is 0 Å². The van der Waals surface area contributed by atoms with E-state index in [1.165, 1.54) is 0 Å². The van der Waals surface area contributed by atoms with Crippen LogP contribution in [0.25, 0.3) is 0 Å². The first-order valence-corrected chi connectivity index (χ1v) is 6.13. The number of hydrogen-bond acceptors (Lipinski definition) is 4. The number of hydrogen-bond donors (Lipinski definition) is 2. The van der Waals surface area contributed by atoms with Crippen LogP contribution in [0.4, 0.5) is 21.8 Å². The van der Waals surface area contributed by atoms with Crippen LogP contribution in [-0.4, -0.2) is 17.0 Å². The quantitative estimate of drug-likeness (QED) is 0.911. The van der Waals surface area contributed by atoms with Gasteiger partial charge in [0.15, 0.2) is 11.6 Å². The number of rotatable bonds is 3. The Morgan fingerprint density at radius 2 is 2.11 bits per heavy atom. The summed E-state index contributed by atoms with van der Waals surface area (Å²) in [7, 11) is 1.68. The predicted molar refractivity (Wildman–Crippen MR) is 73.7 cm³/mol. The Balaban J connectivity index is 2.36. The van der Waals surface area contributed by atoms with Crippen molar-refractivity contribution in [1.82, 2.24) is 9.97 Å². The molecule has 6 heteroatoms. The Morgan fingerprint density at radius 3 is 2.83 bits per heavy atom. The van der Waals surface area contributed by atoms with Gasteiger partial charge in [-0.2, -0.15) is 4.98 Å². The lowest BCUT2D eigenvalue weighted by Crippen LogP contribution is -2.03. The molecule has 0 aliphatic rings. The molecule has 0 radical (unpaired) electrons. The molecule has 0 fully saturated rings. The average molecular weight is 311 g/mol. The number of nitrogens with one attached hydrogen (secondary N) is 2. The normalized spacial score (nSPS) is 10.2. The van der Waals surface area contributed by atoms with Crippen LogP contribution in [0.5, 0.6) is 0 Å². The van der Waals surface area contributed by atoms with Crippen LogP contribution < -0.4 is 10.6 Å². The second kappa shape index (κ2) is 5.30. The third kappa shape index (κ3) is 2.59. The summed E-state index contributed by atoms with van der Waals surface area (Å²) >= 11 is 3.45. The summed E-state index contributed by atoms with van der Waals surface area (Å²) in [5.41, 5.74) is 1.82. The minimum absolute atomic E-state index is 0.139. The van der Waals surface area contributed by atoms with Crippen molar-refractivity contribution in [3.05, 3.63) is 40.2 Å². The molecule has 2 aromatic rings. The van der Waals surface area contributed by atoms with Gasteiger partial charge in [0.1, 0.15) is 0 Å². The Morgan fingerprint density at radius 1 is 1.33 bits per heavy atom. The van der Waals surface area contributed by atoms with Crippen molar-refractivity contribution < 1.29 is 4.39 Å². The van der Waals surface area contributed by atoms with Gasteiger partial charge in [-0.15, -0.1) is 0 Å². The van der Waals surface area contributed by atoms with Gasteiger partial charge in [0, 0.05) is 11.5 Å². The van der Waals surface area contributed by atoms with Gasteiger partial charge >= 0.3 is 0 Å². The Hall–Kier alpha value is -1.69. The van der Waals surface area contributed by atoms with Gasteiger partial charge in [0.05, 0.1) is 11.9 Å². The number of aryl methyl sites for hydroxylation is 1. The molecule has 18 heavy (non-hydrogen) atoms. The minimum Gasteiger partial charge on any atom is -0.357 e. The molecule has 1 aromatic heterocycles. The highest BCUT2D eigenvalue weighted by Crippen LogP contribution is 2.28. The number of halogens is 2. The molecule has 1 heterocycles. The van der Waals surface area contributed by atoms with E-state index in [-0.39, 0.29) is 5.82 Å². The maximum Gasteiger partial charge on any atom is 0.224 e. The fraction of sp³-hybridized carbons (Fsp3) is 0.167. The summed E-state index contributed by atoms with van der Waals surface area (Å²) < 4.78 is 14.5. The number of nitrogens with zero attached hydrogens (tertiary/aromatic N) is 2. The maximum atomic E-state index is 13.6. The average Bonchev–Trinajstić information content (AvgIpc) is 2.37. The summed E-state index contributed by atoms with van der Waals surface area (Å²) in [6.45, 7) is 1.96. The largest absolute Gasteiger partial charge is 0.357 e. The number of benzene rings is 1. The van der Waals surface area contributed by atoms with Gasteiger partial charge in [0.2, 0.25) is 5.95 Å². The molecule has 0 unspecified atom stereocenters. The molecule has 1 aromatic carbocycles. The molecule has 4 nitrogen and oxygen atoms in total. The van der Waals surface area contributed by atoms with Crippen LogP contribution in [-0.2, 0) is 0 Å². The van der Waals surface area contributed by atoms with E-state index in [4.69, 9.17) is 0 Å². The molecule has 0 saturated heterocycles. The Bertz CT molecular complexity index is 574.